The maximum Gasteiger partial charge on any atom is 0.152 e. The van der Waals surface area contributed by atoms with Gasteiger partial charge in [0.05, 0.1) is 6.34 Å². The molecule has 74 valence electrons. The average molecular weight is 193 g/mol. The lowest BCUT2D eigenvalue weighted by Gasteiger charge is -1.96. The Morgan fingerprint density at radius 3 is 2.71 bits per heavy atom. The van der Waals surface area contributed by atoms with E-state index in [1.807, 2.05) is 0 Å². The van der Waals surface area contributed by atoms with Gasteiger partial charge < -0.3 is 16.2 Å². The van der Waals surface area contributed by atoms with Crippen LogP contribution < -0.4 is 11.1 Å². The molecule has 4 N–H and O–H groups in total. The Kier molecular flexibility index (Phi) is 6.48. The van der Waals surface area contributed by atoms with Crippen molar-refractivity contribution in [2.24, 2.45) is 10.7 Å². The molecule has 0 saturated heterocycles. The van der Waals surface area contributed by atoms with Gasteiger partial charge in [0.2, 0.25) is 0 Å². The molecule has 0 saturated carbocycles. The molecule has 0 aromatic carbocycles. The minimum atomic E-state index is -0.180. The molecule has 0 amide bonds. The van der Waals surface area contributed by atoms with Gasteiger partial charge in [-0.15, -0.1) is 0 Å². The van der Waals surface area contributed by atoms with Crippen molar-refractivity contribution in [3.8, 4) is 12.1 Å². The predicted octanol–water partition coefficient (Wildman–Crippen LogP) is -0.796. The fourth-order valence-electron chi connectivity index (χ4n) is 0.563. The maximum absolute atomic E-state index is 8.53. The molecule has 0 fully saturated rings. The van der Waals surface area contributed by atoms with E-state index in [1.165, 1.54) is 6.34 Å². The second kappa shape index (κ2) is 7.59. The number of aliphatic imine (C=N–C) groups is 1. The number of aliphatic hydroxyl groups excluding tert-OH is 1. The normalized spacial score (nSPS) is 11.6. The van der Waals surface area contributed by atoms with Gasteiger partial charge in [-0.1, -0.05) is 0 Å². The highest BCUT2D eigenvalue weighted by Gasteiger charge is 1.97. The number of nitrogens with two attached hydrogens (primary N) is 1. The molecular formula is C8H11N5O. The van der Waals surface area contributed by atoms with Crippen molar-refractivity contribution in [2.75, 3.05) is 13.2 Å². The topological polar surface area (TPSA) is 118 Å². The van der Waals surface area contributed by atoms with Crippen LogP contribution in [0.3, 0.4) is 0 Å². The fourth-order valence-corrected chi connectivity index (χ4v) is 0.563. The molecule has 0 rings (SSSR count). The molecule has 0 unspecified atom stereocenters. The van der Waals surface area contributed by atoms with E-state index in [1.54, 1.807) is 12.1 Å². The SMILES string of the molecule is N#C/C(N)=C(\C#N)NC=NCCCO. The minimum absolute atomic E-state index is 0.0275. The molecule has 6 heteroatoms. The summed E-state index contributed by atoms with van der Waals surface area (Å²) in [6, 6.07) is 3.36. The molecule has 0 aliphatic carbocycles. The summed E-state index contributed by atoms with van der Waals surface area (Å²) in [6.45, 7) is 0.521. The van der Waals surface area contributed by atoms with Crippen LogP contribution in [0.5, 0.6) is 0 Å². The van der Waals surface area contributed by atoms with E-state index in [0.29, 0.717) is 13.0 Å². The summed E-state index contributed by atoms with van der Waals surface area (Å²) in [5.41, 5.74) is 4.99. The molecule has 0 spiro atoms. The summed E-state index contributed by atoms with van der Waals surface area (Å²) >= 11 is 0. The number of nitriles is 2. The van der Waals surface area contributed by atoms with E-state index in [-0.39, 0.29) is 18.0 Å². The minimum Gasteiger partial charge on any atom is -0.396 e. The van der Waals surface area contributed by atoms with Crippen molar-refractivity contribution < 1.29 is 5.11 Å². The molecule has 0 radical (unpaired) electrons. The Morgan fingerprint density at radius 1 is 1.50 bits per heavy atom. The third-order valence-corrected chi connectivity index (χ3v) is 1.25. The Balaban J connectivity index is 4.07. The molecule has 0 aliphatic rings. The van der Waals surface area contributed by atoms with Crippen LogP contribution in [-0.2, 0) is 0 Å². The molecule has 0 aliphatic heterocycles. The van der Waals surface area contributed by atoms with Gasteiger partial charge in [-0.2, -0.15) is 10.5 Å². The highest BCUT2D eigenvalue weighted by molar-refractivity contribution is 5.60. The molecule has 0 heterocycles. The molecule has 14 heavy (non-hydrogen) atoms. The van der Waals surface area contributed by atoms with Gasteiger partial charge in [0.1, 0.15) is 17.8 Å². The molecular weight excluding hydrogens is 182 g/mol. The second-order valence-corrected chi connectivity index (χ2v) is 2.27. The van der Waals surface area contributed by atoms with Gasteiger partial charge in [-0.3, -0.25) is 4.99 Å². The van der Waals surface area contributed by atoms with E-state index >= 15 is 0 Å². The van der Waals surface area contributed by atoms with Crippen molar-refractivity contribution in [3.05, 3.63) is 11.4 Å². The Bertz CT molecular complexity index is 307. The van der Waals surface area contributed by atoms with Crippen LogP contribution in [0.2, 0.25) is 0 Å². The van der Waals surface area contributed by atoms with Crippen LogP contribution in [0, 0.1) is 22.7 Å². The molecule has 0 atom stereocenters. The average Bonchev–Trinajstić information content (AvgIpc) is 2.22. The first kappa shape index (κ1) is 11.9. The Morgan fingerprint density at radius 2 is 2.21 bits per heavy atom. The molecule has 0 aromatic rings. The quantitative estimate of drug-likeness (QED) is 0.229. The zero-order chi connectivity index (χ0) is 10.8. The summed E-state index contributed by atoms with van der Waals surface area (Å²) in [6.07, 6.45) is 1.83. The van der Waals surface area contributed by atoms with Crippen LogP contribution in [0.1, 0.15) is 6.42 Å². The largest absolute Gasteiger partial charge is 0.396 e. The van der Waals surface area contributed by atoms with Crippen LogP contribution in [-0.4, -0.2) is 24.6 Å². The van der Waals surface area contributed by atoms with Crippen LogP contribution >= 0.6 is 0 Å². The molecule has 0 bridgehead atoms. The van der Waals surface area contributed by atoms with Crippen molar-refractivity contribution in [1.82, 2.24) is 5.32 Å². The Hall–Kier alpha value is -2.05. The van der Waals surface area contributed by atoms with Gasteiger partial charge in [0, 0.05) is 13.2 Å². The van der Waals surface area contributed by atoms with E-state index < -0.39 is 0 Å². The summed E-state index contributed by atoms with van der Waals surface area (Å²) in [7, 11) is 0. The summed E-state index contributed by atoms with van der Waals surface area (Å²) in [4.78, 5) is 3.82. The number of aliphatic hydroxyl groups is 1. The fraction of sp³-hybridized carbons (Fsp3) is 0.375. The highest BCUT2D eigenvalue weighted by Crippen LogP contribution is 1.89. The van der Waals surface area contributed by atoms with E-state index in [9.17, 15) is 0 Å². The second-order valence-electron chi connectivity index (χ2n) is 2.27. The number of nitrogens with one attached hydrogen (secondary N) is 1. The van der Waals surface area contributed by atoms with Crippen LogP contribution in [0.15, 0.2) is 16.4 Å². The van der Waals surface area contributed by atoms with Gasteiger partial charge >= 0.3 is 0 Å². The van der Waals surface area contributed by atoms with Gasteiger partial charge in [0.15, 0.2) is 5.70 Å². The van der Waals surface area contributed by atoms with Crippen LogP contribution in [0.25, 0.3) is 0 Å². The van der Waals surface area contributed by atoms with Crippen LogP contribution in [0.4, 0.5) is 0 Å². The summed E-state index contributed by atoms with van der Waals surface area (Å²) in [5.74, 6) is 0. The number of hydrogen-bond acceptors (Lipinski definition) is 5. The smallest absolute Gasteiger partial charge is 0.152 e. The van der Waals surface area contributed by atoms with Crippen molar-refractivity contribution in [3.63, 3.8) is 0 Å². The van der Waals surface area contributed by atoms with Crippen molar-refractivity contribution in [2.45, 2.75) is 6.42 Å². The van der Waals surface area contributed by atoms with Crippen molar-refractivity contribution >= 4 is 6.34 Å². The number of nitrogens with zero attached hydrogens (tertiary/aromatic N) is 3. The van der Waals surface area contributed by atoms with E-state index in [4.69, 9.17) is 21.4 Å². The van der Waals surface area contributed by atoms with Crippen molar-refractivity contribution in [1.29, 1.82) is 10.5 Å². The first-order valence-corrected chi connectivity index (χ1v) is 3.92. The molecule has 0 aromatic heterocycles. The number of hydrogen-bond donors (Lipinski definition) is 3. The third kappa shape index (κ3) is 4.75. The number of allylic oxidation sites excluding steroid dienone is 2. The standard InChI is InChI=1S/C8H11N5O/c9-4-7(11)8(5-10)13-6-12-2-1-3-14/h6,14H,1-3,11H2,(H,12,13)/b8-7-. The third-order valence-electron chi connectivity index (χ3n) is 1.25. The van der Waals surface area contributed by atoms with Gasteiger partial charge in [-0.05, 0) is 6.42 Å². The van der Waals surface area contributed by atoms with E-state index in [0.717, 1.165) is 0 Å². The molecule has 6 nitrogen and oxygen atoms in total. The summed E-state index contributed by atoms with van der Waals surface area (Å²) in [5, 5.41) is 27.8. The lowest BCUT2D eigenvalue weighted by atomic mass is 10.4. The monoisotopic (exact) mass is 193 g/mol. The van der Waals surface area contributed by atoms with Gasteiger partial charge in [0.25, 0.3) is 0 Å². The zero-order valence-corrected chi connectivity index (χ0v) is 7.56. The lowest BCUT2D eigenvalue weighted by Crippen LogP contribution is -2.15. The Labute approximate surface area is 82.0 Å². The zero-order valence-electron chi connectivity index (χ0n) is 7.56. The first-order valence-electron chi connectivity index (χ1n) is 3.92. The van der Waals surface area contributed by atoms with E-state index in [2.05, 4.69) is 10.3 Å². The lowest BCUT2D eigenvalue weighted by molar-refractivity contribution is 0.291. The maximum atomic E-state index is 8.53. The summed E-state index contributed by atoms with van der Waals surface area (Å²) < 4.78 is 0. The van der Waals surface area contributed by atoms with Gasteiger partial charge in [-0.25, -0.2) is 0 Å². The number of rotatable bonds is 5. The predicted molar refractivity (Wildman–Crippen MR) is 50.6 cm³/mol. The highest BCUT2D eigenvalue weighted by atomic mass is 16.3. The first-order chi connectivity index (χ1) is 6.76.